The van der Waals surface area contributed by atoms with Gasteiger partial charge in [0, 0.05) is 13.2 Å². The quantitative estimate of drug-likeness (QED) is 0.610. The zero-order chi connectivity index (χ0) is 5.11. The van der Waals surface area contributed by atoms with Crippen LogP contribution >= 0.6 is 0 Å². The molecule has 1 aliphatic rings. The Morgan fingerprint density at radius 2 is 2.12 bits per heavy atom. The Morgan fingerprint density at radius 3 is 2.50 bits per heavy atom. The van der Waals surface area contributed by atoms with Crippen LogP contribution in [0.4, 0.5) is 0 Å². The third-order valence-electron chi connectivity index (χ3n) is 1.25. The van der Waals surface area contributed by atoms with Crippen LogP contribution in [0.25, 0.3) is 0 Å². The first kappa shape index (κ1) is 7.92. The van der Waals surface area contributed by atoms with Crippen molar-refractivity contribution < 1.29 is 4.74 Å². The second kappa shape index (κ2) is 3.87. The lowest BCUT2D eigenvalue weighted by Crippen LogP contribution is -1.93. The standard InChI is InChI=1S/C6H12O.H3N/c1-2-7-5-6-3-4-6;/h6H,2-5H2,1H3;1H3. The second-order valence-electron chi connectivity index (χ2n) is 2.10. The van der Waals surface area contributed by atoms with Gasteiger partial charge >= 0.3 is 0 Å². The van der Waals surface area contributed by atoms with Crippen LogP contribution in [-0.4, -0.2) is 13.2 Å². The SMILES string of the molecule is CCOCC1CC1.N. The Kier molecular flexibility index (Phi) is 3.83. The molecule has 0 amide bonds. The normalized spacial score (nSPS) is 17.6. The minimum Gasteiger partial charge on any atom is -0.381 e. The molecule has 0 aromatic heterocycles. The fourth-order valence-electron chi connectivity index (χ4n) is 0.569. The topological polar surface area (TPSA) is 44.2 Å². The highest BCUT2D eigenvalue weighted by Crippen LogP contribution is 2.28. The van der Waals surface area contributed by atoms with Crippen molar-refractivity contribution in [1.82, 2.24) is 6.15 Å². The highest BCUT2D eigenvalue weighted by molar-refractivity contribution is 4.71. The molecule has 1 saturated carbocycles. The summed E-state index contributed by atoms with van der Waals surface area (Å²) in [5.74, 6) is 0.931. The van der Waals surface area contributed by atoms with Crippen LogP contribution < -0.4 is 6.15 Å². The van der Waals surface area contributed by atoms with Crippen molar-refractivity contribution in [3.05, 3.63) is 0 Å². The summed E-state index contributed by atoms with van der Waals surface area (Å²) in [6.07, 6.45) is 2.81. The molecular formula is C6H15NO. The van der Waals surface area contributed by atoms with Crippen molar-refractivity contribution in [2.24, 2.45) is 5.92 Å². The van der Waals surface area contributed by atoms with E-state index in [1.165, 1.54) is 12.8 Å². The van der Waals surface area contributed by atoms with Gasteiger partial charge in [0.25, 0.3) is 0 Å². The van der Waals surface area contributed by atoms with Crippen LogP contribution in [0.5, 0.6) is 0 Å². The Hall–Kier alpha value is -0.0800. The minimum atomic E-state index is 0. The van der Waals surface area contributed by atoms with Crippen LogP contribution in [0.2, 0.25) is 0 Å². The molecule has 0 saturated heterocycles. The van der Waals surface area contributed by atoms with Gasteiger partial charge in [0.2, 0.25) is 0 Å². The van der Waals surface area contributed by atoms with Crippen molar-refractivity contribution in [2.75, 3.05) is 13.2 Å². The lowest BCUT2D eigenvalue weighted by atomic mass is 10.5. The maximum Gasteiger partial charge on any atom is 0.0494 e. The maximum atomic E-state index is 5.16. The molecule has 0 aromatic rings. The first-order valence-corrected chi connectivity index (χ1v) is 3.01. The summed E-state index contributed by atoms with van der Waals surface area (Å²) in [5, 5.41) is 0. The van der Waals surface area contributed by atoms with Crippen LogP contribution in [0.1, 0.15) is 19.8 Å². The zero-order valence-corrected chi connectivity index (χ0v) is 5.52. The molecule has 0 unspecified atom stereocenters. The second-order valence-corrected chi connectivity index (χ2v) is 2.10. The average Bonchev–Trinajstić information content (AvgIpc) is 2.42. The van der Waals surface area contributed by atoms with Crippen LogP contribution in [0.3, 0.4) is 0 Å². The van der Waals surface area contributed by atoms with Crippen molar-refractivity contribution in [3.8, 4) is 0 Å². The first-order chi connectivity index (χ1) is 3.43. The molecule has 8 heavy (non-hydrogen) atoms. The minimum absolute atomic E-state index is 0. The van der Waals surface area contributed by atoms with Gasteiger partial charge in [-0.2, -0.15) is 0 Å². The molecule has 50 valence electrons. The fourth-order valence-corrected chi connectivity index (χ4v) is 0.569. The van der Waals surface area contributed by atoms with Crippen LogP contribution in [-0.2, 0) is 4.74 Å². The molecule has 0 bridgehead atoms. The van der Waals surface area contributed by atoms with Gasteiger partial charge < -0.3 is 10.9 Å². The van der Waals surface area contributed by atoms with Gasteiger partial charge in [0.1, 0.15) is 0 Å². The van der Waals surface area contributed by atoms with E-state index in [4.69, 9.17) is 4.74 Å². The molecule has 0 aromatic carbocycles. The maximum absolute atomic E-state index is 5.16. The van der Waals surface area contributed by atoms with Crippen LogP contribution in [0.15, 0.2) is 0 Å². The number of hydrogen-bond donors (Lipinski definition) is 1. The van der Waals surface area contributed by atoms with Gasteiger partial charge in [-0.05, 0) is 25.7 Å². The van der Waals surface area contributed by atoms with E-state index in [1.807, 2.05) is 6.92 Å². The Balaban J connectivity index is 0.000000490. The molecule has 0 heterocycles. The summed E-state index contributed by atoms with van der Waals surface area (Å²) in [6, 6.07) is 0. The lowest BCUT2D eigenvalue weighted by molar-refractivity contribution is 0.137. The lowest BCUT2D eigenvalue weighted by Gasteiger charge is -1.93. The van der Waals surface area contributed by atoms with E-state index in [1.54, 1.807) is 0 Å². The highest BCUT2D eigenvalue weighted by Gasteiger charge is 2.20. The summed E-state index contributed by atoms with van der Waals surface area (Å²) in [4.78, 5) is 0. The summed E-state index contributed by atoms with van der Waals surface area (Å²) in [7, 11) is 0. The highest BCUT2D eigenvalue weighted by atomic mass is 16.5. The van der Waals surface area contributed by atoms with Crippen molar-refractivity contribution >= 4 is 0 Å². The predicted molar refractivity (Wildman–Crippen MR) is 34.2 cm³/mol. The van der Waals surface area contributed by atoms with Gasteiger partial charge in [-0.3, -0.25) is 0 Å². The molecule has 3 N–H and O–H groups in total. The Bertz CT molecular complexity index is 52.5. The van der Waals surface area contributed by atoms with E-state index >= 15 is 0 Å². The molecule has 2 heteroatoms. The predicted octanol–water partition coefficient (Wildman–Crippen LogP) is 1.59. The largest absolute Gasteiger partial charge is 0.381 e. The molecule has 0 spiro atoms. The fraction of sp³-hybridized carbons (Fsp3) is 1.00. The van der Waals surface area contributed by atoms with Crippen molar-refractivity contribution in [1.29, 1.82) is 0 Å². The molecule has 1 aliphatic carbocycles. The van der Waals surface area contributed by atoms with E-state index in [-0.39, 0.29) is 6.15 Å². The third kappa shape index (κ3) is 2.99. The summed E-state index contributed by atoms with van der Waals surface area (Å²) < 4.78 is 5.16. The molecule has 0 atom stereocenters. The van der Waals surface area contributed by atoms with Crippen molar-refractivity contribution in [3.63, 3.8) is 0 Å². The Labute approximate surface area is 50.8 Å². The number of ether oxygens (including phenoxy) is 1. The molecule has 0 radical (unpaired) electrons. The smallest absolute Gasteiger partial charge is 0.0494 e. The van der Waals surface area contributed by atoms with Crippen molar-refractivity contribution in [2.45, 2.75) is 19.8 Å². The average molecular weight is 117 g/mol. The van der Waals surface area contributed by atoms with E-state index in [0.29, 0.717) is 0 Å². The van der Waals surface area contributed by atoms with Crippen LogP contribution in [0, 0.1) is 5.92 Å². The van der Waals surface area contributed by atoms with Gasteiger partial charge in [-0.1, -0.05) is 0 Å². The van der Waals surface area contributed by atoms with E-state index in [2.05, 4.69) is 0 Å². The first-order valence-electron chi connectivity index (χ1n) is 3.01. The van der Waals surface area contributed by atoms with Gasteiger partial charge in [0.15, 0.2) is 0 Å². The van der Waals surface area contributed by atoms with E-state index in [0.717, 1.165) is 19.1 Å². The monoisotopic (exact) mass is 117 g/mol. The van der Waals surface area contributed by atoms with Gasteiger partial charge in [0.05, 0.1) is 0 Å². The number of rotatable bonds is 3. The third-order valence-corrected chi connectivity index (χ3v) is 1.25. The van der Waals surface area contributed by atoms with Gasteiger partial charge in [-0.25, -0.2) is 0 Å². The number of hydrogen-bond acceptors (Lipinski definition) is 2. The molecule has 2 nitrogen and oxygen atoms in total. The molecule has 1 fully saturated rings. The molecular weight excluding hydrogens is 102 g/mol. The Morgan fingerprint density at radius 1 is 1.50 bits per heavy atom. The van der Waals surface area contributed by atoms with E-state index in [9.17, 15) is 0 Å². The summed E-state index contributed by atoms with van der Waals surface area (Å²) >= 11 is 0. The van der Waals surface area contributed by atoms with E-state index < -0.39 is 0 Å². The summed E-state index contributed by atoms with van der Waals surface area (Å²) in [6.45, 7) is 3.94. The van der Waals surface area contributed by atoms with Gasteiger partial charge in [-0.15, -0.1) is 0 Å². The molecule has 1 rings (SSSR count). The summed E-state index contributed by atoms with van der Waals surface area (Å²) in [5.41, 5.74) is 0. The molecule has 0 aliphatic heterocycles. The zero-order valence-electron chi connectivity index (χ0n) is 5.52.